The predicted octanol–water partition coefficient (Wildman–Crippen LogP) is 1.94. The number of benzene rings is 1. The van der Waals surface area contributed by atoms with Crippen molar-refractivity contribution >= 4 is 5.91 Å². The maximum atomic E-state index is 12.3. The van der Waals surface area contributed by atoms with Crippen LogP contribution in [0.15, 0.2) is 42.7 Å². The van der Waals surface area contributed by atoms with Crippen LogP contribution in [0.25, 0.3) is 11.1 Å². The Morgan fingerprint density at radius 2 is 2.00 bits per heavy atom. The monoisotopic (exact) mass is 297 g/mol. The topological polar surface area (TPSA) is 74.2 Å². The second-order valence-corrected chi connectivity index (χ2v) is 5.51. The maximum Gasteiger partial charge on any atom is 0.253 e. The van der Waals surface area contributed by atoms with Gasteiger partial charge in [-0.25, -0.2) is 0 Å². The lowest BCUT2D eigenvalue weighted by molar-refractivity contribution is 0.0929. The molecular weight excluding hydrogens is 278 g/mol. The molecule has 0 atom stereocenters. The molecule has 2 heterocycles. The van der Waals surface area contributed by atoms with Crippen molar-refractivity contribution in [3.8, 4) is 16.9 Å². The zero-order valence-corrected chi connectivity index (χ0v) is 12.2. The van der Waals surface area contributed by atoms with Gasteiger partial charge < -0.3 is 15.7 Å². The molecule has 0 aliphatic carbocycles. The Bertz CT molecular complexity index is 666. The van der Waals surface area contributed by atoms with Gasteiger partial charge in [-0.15, -0.1) is 0 Å². The number of hydrogen-bond acceptors (Lipinski definition) is 4. The molecule has 1 aromatic heterocycles. The molecule has 0 bridgehead atoms. The number of amides is 1. The van der Waals surface area contributed by atoms with Gasteiger partial charge in [0.15, 0.2) is 0 Å². The van der Waals surface area contributed by atoms with Crippen LogP contribution in [-0.4, -0.2) is 35.1 Å². The highest BCUT2D eigenvalue weighted by molar-refractivity contribution is 5.95. The second kappa shape index (κ2) is 6.58. The summed E-state index contributed by atoms with van der Waals surface area (Å²) < 4.78 is 0. The maximum absolute atomic E-state index is 12.3. The molecule has 1 saturated heterocycles. The minimum Gasteiger partial charge on any atom is -0.508 e. The lowest BCUT2D eigenvalue weighted by Crippen LogP contribution is -2.42. The van der Waals surface area contributed by atoms with Crippen LogP contribution in [0, 0.1) is 0 Å². The number of carbonyl (C=O) groups excluding carboxylic acids is 1. The van der Waals surface area contributed by atoms with Crippen LogP contribution < -0.4 is 10.6 Å². The van der Waals surface area contributed by atoms with E-state index in [0.29, 0.717) is 5.56 Å². The molecule has 1 aliphatic rings. The molecule has 5 heteroatoms. The molecule has 5 nitrogen and oxygen atoms in total. The smallest absolute Gasteiger partial charge is 0.253 e. The number of nitrogens with zero attached hydrogens (tertiary/aromatic N) is 1. The molecule has 0 spiro atoms. The molecule has 1 aliphatic heterocycles. The van der Waals surface area contributed by atoms with Crippen molar-refractivity contribution < 1.29 is 9.90 Å². The second-order valence-electron chi connectivity index (χ2n) is 5.51. The Labute approximate surface area is 129 Å². The van der Waals surface area contributed by atoms with E-state index < -0.39 is 0 Å². The first-order valence-corrected chi connectivity index (χ1v) is 7.48. The van der Waals surface area contributed by atoms with Crippen LogP contribution in [0.1, 0.15) is 23.2 Å². The summed E-state index contributed by atoms with van der Waals surface area (Å²) in [5.74, 6) is 0.100. The van der Waals surface area contributed by atoms with E-state index in [0.717, 1.165) is 37.1 Å². The summed E-state index contributed by atoms with van der Waals surface area (Å²) >= 11 is 0. The number of carbonyl (C=O) groups is 1. The summed E-state index contributed by atoms with van der Waals surface area (Å²) in [5.41, 5.74) is 2.19. The van der Waals surface area contributed by atoms with E-state index in [-0.39, 0.29) is 17.7 Å². The standard InChI is InChI=1S/C17H19N3O2/c21-16-3-1-2-12(9-16)13-8-14(11-19-10-13)17(22)20-15-4-6-18-7-5-15/h1-3,8-11,15,18,21H,4-7H2,(H,20,22). The van der Waals surface area contributed by atoms with Crippen LogP contribution >= 0.6 is 0 Å². The number of aromatic nitrogens is 1. The number of pyridine rings is 1. The zero-order chi connectivity index (χ0) is 15.4. The van der Waals surface area contributed by atoms with Crippen molar-refractivity contribution in [2.75, 3.05) is 13.1 Å². The molecule has 3 N–H and O–H groups in total. The SMILES string of the molecule is O=C(NC1CCNCC1)c1cncc(-c2cccc(O)c2)c1. The summed E-state index contributed by atoms with van der Waals surface area (Å²) in [6.07, 6.45) is 5.16. The van der Waals surface area contributed by atoms with Gasteiger partial charge in [0.25, 0.3) is 5.91 Å². The molecule has 2 aromatic rings. The molecule has 0 saturated carbocycles. The third kappa shape index (κ3) is 3.43. The Hall–Kier alpha value is -2.40. The average molecular weight is 297 g/mol. The van der Waals surface area contributed by atoms with Gasteiger partial charge in [-0.1, -0.05) is 12.1 Å². The summed E-state index contributed by atoms with van der Waals surface area (Å²) in [4.78, 5) is 16.5. The van der Waals surface area contributed by atoms with Crippen molar-refractivity contribution in [2.24, 2.45) is 0 Å². The number of phenolic OH excluding ortho intramolecular Hbond substituents is 1. The van der Waals surface area contributed by atoms with Crippen LogP contribution in [0.2, 0.25) is 0 Å². The first kappa shape index (κ1) is 14.5. The predicted molar refractivity (Wildman–Crippen MR) is 84.7 cm³/mol. The highest BCUT2D eigenvalue weighted by Crippen LogP contribution is 2.23. The van der Waals surface area contributed by atoms with Crippen molar-refractivity contribution in [1.29, 1.82) is 0 Å². The average Bonchev–Trinajstić information content (AvgIpc) is 2.56. The van der Waals surface area contributed by atoms with Gasteiger partial charge in [0.2, 0.25) is 0 Å². The Morgan fingerprint density at radius 3 is 2.77 bits per heavy atom. The Balaban J connectivity index is 1.77. The number of aromatic hydroxyl groups is 1. The molecule has 3 rings (SSSR count). The van der Waals surface area contributed by atoms with Gasteiger partial charge in [0.05, 0.1) is 5.56 Å². The summed E-state index contributed by atoms with van der Waals surface area (Å²) in [7, 11) is 0. The number of piperidine rings is 1. The minimum atomic E-state index is -0.0959. The van der Waals surface area contributed by atoms with Crippen LogP contribution in [0.5, 0.6) is 5.75 Å². The fourth-order valence-electron chi connectivity index (χ4n) is 2.64. The van der Waals surface area contributed by atoms with Gasteiger partial charge in [-0.3, -0.25) is 9.78 Å². The van der Waals surface area contributed by atoms with E-state index in [9.17, 15) is 9.90 Å². The first-order valence-electron chi connectivity index (χ1n) is 7.48. The summed E-state index contributed by atoms with van der Waals surface area (Å²) in [5, 5.41) is 15.9. The highest BCUT2D eigenvalue weighted by Gasteiger charge is 2.16. The number of phenols is 1. The lowest BCUT2D eigenvalue weighted by Gasteiger charge is -2.23. The van der Waals surface area contributed by atoms with E-state index in [1.165, 1.54) is 0 Å². The van der Waals surface area contributed by atoms with Gasteiger partial charge in [-0.2, -0.15) is 0 Å². The molecule has 1 fully saturated rings. The summed E-state index contributed by atoms with van der Waals surface area (Å²) in [6, 6.07) is 8.95. The first-order chi connectivity index (χ1) is 10.7. The number of rotatable bonds is 3. The molecule has 1 aromatic carbocycles. The summed E-state index contributed by atoms with van der Waals surface area (Å²) in [6.45, 7) is 1.87. The van der Waals surface area contributed by atoms with Gasteiger partial charge in [0.1, 0.15) is 5.75 Å². The number of hydrogen-bond donors (Lipinski definition) is 3. The lowest BCUT2D eigenvalue weighted by atomic mass is 10.0. The van der Waals surface area contributed by atoms with Gasteiger partial charge in [-0.05, 0) is 49.7 Å². The van der Waals surface area contributed by atoms with Crippen LogP contribution in [0.3, 0.4) is 0 Å². The Kier molecular flexibility index (Phi) is 4.34. The molecule has 1 amide bonds. The largest absolute Gasteiger partial charge is 0.508 e. The van der Waals surface area contributed by atoms with Crippen molar-refractivity contribution in [1.82, 2.24) is 15.6 Å². The minimum absolute atomic E-state index is 0.0959. The fourth-order valence-corrected chi connectivity index (χ4v) is 2.64. The van der Waals surface area contributed by atoms with Crippen molar-refractivity contribution in [3.63, 3.8) is 0 Å². The molecule has 114 valence electrons. The highest BCUT2D eigenvalue weighted by atomic mass is 16.3. The number of nitrogens with one attached hydrogen (secondary N) is 2. The van der Waals surface area contributed by atoms with E-state index in [4.69, 9.17) is 0 Å². The fraction of sp³-hybridized carbons (Fsp3) is 0.294. The molecule has 0 radical (unpaired) electrons. The molecular formula is C17H19N3O2. The van der Waals surface area contributed by atoms with E-state index >= 15 is 0 Å². The third-order valence-electron chi connectivity index (χ3n) is 3.85. The quantitative estimate of drug-likeness (QED) is 0.809. The van der Waals surface area contributed by atoms with Gasteiger partial charge in [0, 0.05) is 24.0 Å². The molecule has 0 unspecified atom stereocenters. The third-order valence-corrected chi connectivity index (χ3v) is 3.85. The van der Waals surface area contributed by atoms with Crippen molar-refractivity contribution in [2.45, 2.75) is 18.9 Å². The van der Waals surface area contributed by atoms with Gasteiger partial charge >= 0.3 is 0 Å². The zero-order valence-electron chi connectivity index (χ0n) is 12.2. The van der Waals surface area contributed by atoms with E-state index in [1.807, 2.05) is 6.07 Å². The van der Waals surface area contributed by atoms with Crippen LogP contribution in [0.4, 0.5) is 0 Å². The molecule has 22 heavy (non-hydrogen) atoms. The normalized spacial score (nSPS) is 15.5. The van der Waals surface area contributed by atoms with E-state index in [2.05, 4.69) is 15.6 Å². The van der Waals surface area contributed by atoms with E-state index in [1.54, 1.807) is 36.7 Å². The van der Waals surface area contributed by atoms with Crippen molar-refractivity contribution in [3.05, 3.63) is 48.3 Å². The van der Waals surface area contributed by atoms with Crippen LogP contribution in [-0.2, 0) is 0 Å². The Morgan fingerprint density at radius 1 is 1.18 bits per heavy atom.